The van der Waals surface area contributed by atoms with Crippen LogP contribution in [-0.2, 0) is 0 Å². The zero-order valence-corrected chi connectivity index (χ0v) is 14.7. The standard InChI is InChI=1S/C18H31N3O3/c1-14-12-15(18(21)22)17(24-11-7-3-5-9-20)13-16(14)23-10-6-2-4-8-19/h12-13H,2-11,19-20H2,1H3,(H2,21,22). The summed E-state index contributed by atoms with van der Waals surface area (Å²) >= 11 is 0. The van der Waals surface area contributed by atoms with E-state index in [-0.39, 0.29) is 0 Å². The number of hydrogen-bond donors (Lipinski definition) is 3. The molecule has 0 aliphatic heterocycles. The normalized spacial score (nSPS) is 10.6. The van der Waals surface area contributed by atoms with Crippen molar-refractivity contribution in [2.75, 3.05) is 26.3 Å². The molecule has 0 aliphatic carbocycles. The van der Waals surface area contributed by atoms with Crippen molar-refractivity contribution in [3.05, 3.63) is 23.3 Å². The van der Waals surface area contributed by atoms with Gasteiger partial charge in [-0.05, 0) is 70.2 Å². The Morgan fingerprint density at radius 3 is 1.92 bits per heavy atom. The monoisotopic (exact) mass is 337 g/mol. The third-order valence-electron chi connectivity index (χ3n) is 3.75. The molecule has 0 saturated heterocycles. The van der Waals surface area contributed by atoms with E-state index in [1.54, 1.807) is 12.1 Å². The van der Waals surface area contributed by atoms with Gasteiger partial charge in [0.15, 0.2) is 0 Å². The molecule has 0 heterocycles. The molecule has 0 aliphatic rings. The lowest BCUT2D eigenvalue weighted by Gasteiger charge is -2.15. The van der Waals surface area contributed by atoms with Crippen LogP contribution in [0.2, 0.25) is 0 Å². The minimum atomic E-state index is -0.496. The molecule has 0 saturated carbocycles. The number of ether oxygens (including phenoxy) is 2. The van der Waals surface area contributed by atoms with E-state index in [4.69, 9.17) is 26.7 Å². The van der Waals surface area contributed by atoms with Crippen molar-refractivity contribution in [2.24, 2.45) is 17.2 Å². The highest BCUT2D eigenvalue weighted by molar-refractivity contribution is 5.96. The number of nitrogens with two attached hydrogens (primary N) is 3. The van der Waals surface area contributed by atoms with E-state index < -0.39 is 5.91 Å². The second-order valence-electron chi connectivity index (χ2n) is 5.87. The summed E-state index contributed by atoms with van der Waals surface area (Å²) in [6.07, 6.45) is 5.84. The van der Waals surface area contributed by atoms with Gasteiger partial charge in [-0.25, -0.2) is 0 Å². The Kier molecular flexibility index (Phi) is 9.88. The van der Waals surface area contributed by atoms with Crippen LogP contribution in [0.1, 0.15) is 54.4 Å². The molecule has 1 aromatic carbocycles. The smallest absolute Gasteiger partial charge is 0.252 e. The number of benzene rings is 1. The minimum absolute atomic E-state index is 0.391. The lowest BCUT2D eigenvalue weighted by Crippen LogP contribution is -2.14. The van der Waals surface area contributed by atoms with Crippen LogP contribution in [0.5, 0.6) is 11.5 Å². The first kappa shape index (κ1) is 20.3. The number of aryl methyl sites for hydroxylation is 1. The average Bonchev–Trinajstić information content (AvgIpc) is 2.56. The van der Waals surface area contributed by atoms with E-state index in [0.717, 1.165) is 49.8 Å². The minimum Gasteiger partial charge on any atom is -0.493 e. The molecule has 0 bridgehead atoms. The Hall–Kier alpha value is -1.79. The number of rotatable bonds is 13. The van der Waals surface area contributed by atoms with Crippen molar-refractivity contribution < 1.29 is 14.3 Å². The number of carbonyl (C=O) groups excluding carboxylic acids is 1. The van der Waals surface area contributed by atoms with Crippen LogP contribution in [0, 0.1) is 6.92 Å². The fourth-order valence-corrected chi connectivity index (χ4v) is 2.35. The van der Waals surface area contributed by atoms with Crippen molar-refractivity contribution in [2.45, 2.75) is 45.4 Å². The summed E-state index contributed by atoms with van der Waals surface area (Å²) in [4.78, 5) is 11.6. The van der Waals surface area contributed by atoms with Crippen molar-refractivity contribution in [3.63, 3.8) is 0 Å². The highest BCUT2D eigenvalue weighted by atomic mass is 16.5. The van der Waals surface area contributed by atoms with Crippen LogP contribution in [0.4, 0.5) is 0 Å². The van der Waals surface area contributed by atoms with Crippen molar-refractivity contribution >= 4 is 5.91 Å². The molecule has 6 N–H and O–H groups in total. The van der Waals surface area contributed by atoms with Gasteiger partial charge in [-0.3, -0.25) is 4.79 Å². The van der Waals surface area contributed by atoms with Crippen LogP contribution in [0.15, 0.2) is 12.1 Å². The molecule has 0 fully saturated rings. The van der Waals surface area contributed by atoms with Crippen molar-refractivity contribution in [3.8, 4) is 11.5 Å². The summed E-state index contributed by atoms with van der Waals surface area (Å²) in [7, 11) is 0. The zero-order valence-electron chi connectivity index (χ0n) is 14.7. The van der Waals surface area contributed by atoms with E-state index >= 15 is 0 Å². The maximum atomic E-state index is 11.6. The predicted octanol–water partition coefficient (Wildman–Crippen LogP) is 2.11. The Bertz CT molecular complexity index is 507. The zero-order chi connectivity index (χ0) is 17.8. The van der Waals surface area contributed by atoms with E-state index in [2.05, 4.69) is 0 Å². The number of amides is 1. The molecular weight excluding hydrogens is 306 g/mol. The van der Waals surface area contributed by atoms with Gasteiger partial charge in [0.2, 0.25) is 0 Å². The van der Waals surface area contributed by atoms with Crippen molar-refractivity contribution in [1.82, 2.24) is 0 Å². The molecule has 0 aromatic heterocycles. The van der Waals surface area contributed by atoms with Crippen LogP contribution < -0.4 is 26.7 Å². The first-order valence-corrected chi connectivity index (χ1v) is 8.70. The molecule has 1 amide bonds. The molecule has 6 heteroatoms. The summed E-state index contributed by atoms with van der Waals surface area (Å²) in [5.74, 6) is 0.715. The highest BCUT2D eigenvalue weighted by Crippen LogP contribution is 2.29. The van der Waals surface area contributed by atoms with Crippen LogP contribution in [0.3, 0.4) is 0 Å². The van der Waals surface area contributed by atoms with Gasteiger partial charge in [0.05, 0.1) is 18.8 Å². The van der Waals surface area contributed by atoms with E-state index in [9.17, 15) is 4.79 Å². The molecule has 24 heavy (non-hydrogen) atoms. The summed E-state index contributed by atoms with van der Waals surface area (Å²) in [5.41, 5.74) is 17.7. The van der Waals surface area contributed by atoms with Gasteiger partial charge in [-0.15, -0.1) is 0 Å². The topological polar surface area (TPSA) is 114 Å². The van der Waals surface area contributed by atoms with Crippen LogP contribution >= 0.6 is 0 Å². The summed E-state index contributed by atoms with van der Waals surface area (Å²) < 4.78 is 11.6. The average molecular weight is 337 g/mol. The van der Waals surface area contributed by atoms with Crippen molar-refractivity contribution in [1.29, 1.82) is 0 Å². The maximum absolute atomic E-state index is 11.6. The Morgan fingerprint density at radius 2 is 1.42 bits per heavy atom. The third-order valence-corrected chi connectivity index (χ3v) is 3.75. The van der Waals surface area contributed by atoms with Gasteiger partial charge in [0.1, 0.15) is 11.5 Å². The second-order valence-corrected chi connectivity index (χ2v) is 5.87. The van der Waals surface area contributed by atoms with Gasteiger partial charge in [0.25, 0.3) is 5.91 Å². The Labute approximate surface area is 144 Å². The lowest BCUT2D eigenvalue weighted by molar-refractivity contribution is 0.0996. The van der Waals surface area contributed by atoms with E-state index in [1.807, 2.05) is 6.92 Å². The number of unbranched alkanes of at least 4 members (excludes halogenated alkanes) is 4. The Balaban J connectivity index is 2.67. The van der Waals surface area contributed by atoms with Crippen LogP contribution in [-0.4, -0.2) is 32.2 Å². The number of primary amides is 1. The van der Waals surface area contributed by atoms with Crippen LogP contribution in [0.25, 0.3) is 0 Å². The third kappa shape index (κ3) is 7.19. The summed E-state index contributed by atoms with van der Waals surface area (Å²) in [6, 6.07) is 3.49. The molecule has 0 radical (unpaired) electrons. The fraction of sp³-hybridized carbons (Fsp3) is 0.611. The first-order valence-electron chi connectivity index (χ1n) is 8.70. The number of carbonyl (C=O) groups is 1. The molecule has 1 aromatic rings. The van der Waals surface area contributed by atoms with Gasteiger partial charge < -0.3 is 26.7 Å². The van der Waals surface area contributed by atoms with Gasteiger partial charge >= 0.3 is 0 Å². The molecule has 136 valence electrons. The Morgan fingerprint density at radius 1 is 0.875 bits per heavy atom. The summed E-state index contributed by atoms with van der Waals surface area (Å²) in [5, 5.41) is 0. The SMILES string of the molecule is Cc1cc(C(N)=O)c(OCCCCCN)cc1OCCCCCN. The molecule has 1 rings (SSSR count). The molecule has 0 atom stereocenters. The second kappa shape index (κ2) is 11.7. The lowest BCUT2D eigenvalue weighted by atomic mass is 10.1. The highest BCUT2D eigenvalue weighted by Gasteiger charge is 2.14. The maximum Gasteiger partial charge on any atom is 0.252 e. The molecule has 6 nitrogen and oxygen atoms in total. The fourth-order valence-electron chi connectivity index (χ4n) is 2.35. The van der Waals surface area contributed by atoms with E-state index in [0.29, 0.717) is 37.6 Å². The quantitative estimate of drug-likeness (QED) is 0.477. The molecule has 0 spiro atoms. The van der Waals surface area contributed by atoms with Gasteiger partial charge in [-0.2, -0.15) is 0 Å². The van der Waals surface area contributed by atoms with Gasteiger partial charge in [0, 0.05) is 6.07 Å². The van der Waals surface area contributed by atoms with Gasteiger partial charge in [-0.1, -0.05) is 0 Å². The first-order chi connectivity index (χ1) is 11.6. The molecular formula is C18H31N3O3. The predicted molar refractivity (Wildman–Crippen MR) is 96.5 cm³/mol. The van der Waals surface area contributed by atoms with E-state index in [1.165, 1.54) is 0 Å². The largest absolute Gasteiger partial charge is 0.493 e. The summed E-state index contributed by atoms with van der Waals surface area (Å²) in [6.45, 7) is 4.42. The molecule has 0 unspecified atom stereocenters. The number of hydrogen-bond acceptors (Lipinski definition) is 5.